The molecular formula is C13H20N2O2S. The summed E-state index contributed by atoms with van der Waals surface area (Å²) < 4.78 is 11.5. The van der Waals surface area contributed by atoms with Gasteiger partial charge in [-0.05, 0) is 45.0 Å². The maximum absolute atomic E-state index is 12.0. The van der Waals surface area contributed by atoms with Gasteiger partial charge in [0.1, 0.15) is 5.75 Å². The molecule has 0 aromatic heterocycles. The van der Waals surface area contributed by atoms with Crippen LogP contribution < -0.4 is 10.6 Å². The average molecular weight is 268 g/mol. The molecule has 4 nitrogen and oxygen atoms in total. The van der Waals surface area contributed by atoms with E-state index in [1.807, 2.05) is 20.8 Å². The van der Waals surface area contributed by atoms with Gasteiger partial charge in [0.25, 0.3) is 0 Å². The number of amides is 1. The second kappa shape index (κ2) is 5.52. The van der Waals surface area contributed by atoms with Crippen LogP contribution in [-0.2, 0) is 15.6 Å². The van der Waals surface area contributed by atoms with E-state index in [0.717, 1.165) is 5.69 Å². The minimum atomic E-state index is -1.18. The molecule has 18 heavy (non-hydrogen) atoms. The number of benzene rings is 1. The number of carbonyl (C=O) groups is 1. The fourth-order valence-electron chi connectivity index (χ4n) is 1.27. The van der Waals surface area contributed by atoms with Crippen LogP contribution in [0.4, 0.5) is 11.4 Å². The molecule has 1 aromatic carbocycles. The van der Waals surface area contributed by atoms with Crippen LogP contribution in [0.3, 0.4) is 0 Å². The molecule has 0 bridgehead atoms. The van der Waals surface area contributed by atoms with Crippen molar-refractivity contribution in [2.45, 2.75) is 25.5 Å². The molecule has 5 heteroatoms. The summed E-state index contributed by atoms with van der Waals surface area (Å²) in [5.41, 5.74) is 6.99. The molecule has 0 saturated heterocycles. The molecule has 0 radical (unpaired) electrons. The van der Waals surface area contributed by atoms with Crippen molar-refractivity contribution in [1.29, 1.82) is 0 Å². The molecule has 1 rings (SSSR count). The number of nitrogens with zero attached hydrogens (tertiary/aromatic N) is 1. The fourth-order valence-corrected chi connectivity index (χ4v) is 2.12. The van der Waals surface area contributed by atoms with Gasteiger partial charge < -0.3 is 10.6 Å². The summed E-state index contributed by atoms with van der Waals surface area (Å²) in [6.07, 6.45) is 0. The third kappa shape index (κ3) is 3.84. The first-order valence-corrected chi connectivity index (χ1v) is 7.04. The molecule has 0 fully saturated rings. The van der Waals surface area contributed by atoms with E-state index in [2.05, 4.69) is 0 Å². The first-order valence-electron chi connectivity index (χ1n) is 5.72. The lowest BCUT2D eigenvalue weighted by Crippen LogP contribution is -2.35. The second-order valence-corrected chi connectivity index (χ2v) is 7.35. The van der Waals surface area contributed by atoms with Crippen molar-refractivity contribution < 1.29 is 9.00 Å². The third-order valence-electron chi connectivity index (χ3n) is 2.59. The maximum Gasteiger partial charge on any atom is 0.239 e. The number of nitrogens with two attached hydrogens (primary N) is 1. The van der Waals surface area contributed by atoms with Crippen LogP contribution in [0.15, 0.2) is 24.3 Å². The number of anilines is 2. The summed E-state index contributed by atoms with van der Waals surface area (Å²) in [6.45, 7) is 5.58. The Morgan fingerprint density at radius 1 is 1.28 bits per heavy atom. The van der Waals surface area contributed by atoms with Gasteiger partial charge in [0.05, 0.1) is 0 Å². The van der Waals surface area contributed by atoms with Crippen LogP contribution in [0.25, 0.3) is 0 Å². The normalized spacial score (nSPS) is 13.1. The van der Waals surface area contributed by atoms with Gasteiger partial charge in [-0.25, -0.2) is 0 Å². The molecule has 1 unspecified atom stereocenters. The first kappa shape index (κ1) is 14.7. The largest absolute Gasteiger partial charge is 0.399 e. The van der Waals surface area contributed by atoms with Gasteiger partial charge in [0, 0.05) is 34.0 Å². The van der Waals surface area contributed by atoms with E-state index in [1.165, 1.54) is 4.90 Å². The van der Waals surface area contributed by atoms with Gasteiger partial charge in [-0.15, -0.1) is 0 Å². The van der Waals surface area contributed by atoms with Crippen LogP contribution in [0.1, 0.15) is 20.8 Å². The minimum absolute atomic E-state index is 0.0321. The molecule has 0 aliphatic carbocycles. The topological polar surface area (TPSA) is 63.4 Å². The average Bonchev–Trinajstić information content (AvgIpc) is 2.27. The summed E-state index contributed by atoms with van der Waals surface area (Å²) in [6, 6.07) is 7.01. The lowest BCUT2D eigenvalue weighted by molar-refractivity contribution is -0.115. The van der Waals surface area contributed by atoms with Crippen molar-refractivity contribution in [3.05, 3.63) is 24.3 Å². The van der Waals surface area contributed by atoms with Gasteiger partial charge in [0.2, 0.25) is 5.91 Å². The Bertz CT molecular complexity index is 449. The predicted octanol–water partition coefficient (Wildman–Crippen LogP) is 1.78. The van der Waals surface area contributed by atoms with E-state index in [4.69, 9.17) is 5.73 Å². The van der Waals surface area contributed by atoms with Crippen molar-refractivity contribution in [3.63, 3.8) is 0 Å². The van der Waals surface area contributed by atoms with Crippen LogP contribution in [0.5, 0.6) is 0 Å². The van der Waals surface area contributed by atoms with Gasteiger partial charge in [0.15, 0.2) is 0 Å². The van der Waals surface area contributed by atoms with E-state index < -0.39 is 10.8 Å². The molecule has 0 saturated carbocycles. The molecule has 1 aromatic rings. The van der Waals surface area contributed by atoms with Crippen molar-refractivity contribution in [2.75, 3.05) is 23.4 Å². The quantitative estimate of drug-likeness (QED) is 0.850. The summed E-state index contributed by atoms with van der Waals surface area (Å²) in [4.78, 5) is 13.5. The highest BCUT2D eigenvalue weighted by atomic mass is 32.2. The number of rotatable bonds is 3. The smallest absolute Gasteiger partial charge is 0.239 e. The standard InChI is InChI=1S/C13H20N2O2S/c1-13(2,3)18(17)9-12(16)15(4)11-7-5-10(14)6-8-11/h5-8H,9,14H2,1-4H3. The van der Waals surface area contributed by atoms with Gasteiger partial charge in [-0.1, -0.05) is 0 Å². The summed E-state index contributed by atoms with van der Waals surface area (Å²) in [7, 11) is 0.492. The molecule has 100 valence electrons. The van der Waals surface area contributed by atoms with Crippen LogP contribution in [-0.4, -0.2) is 27.7 Å². The molecule has 1 atom stereocenters. The summed E-state index contributed by atoms with van der Waals surface area (Å²) >= 11 is 0. The van der Waals surface area contributed by atoms with Crippen molar-refractivity contribution in [2.24, 2.45) is 0 Å². The van der Waals surface area contributed by atoms with E-state index in [9.17, 15) is 9.00 Å². The van der Waals surface area contributed by atoms with Crippen molar-refractivity contribution in [3.8, 4) is 0 Å². The van der Waals surface area contributed by atoms with Gasteiger partial charge in [-0.2, -0.15) is 0 Å². The minimum Gasteiger partial charge on any atom is -0.399 e. The zero-order valence-electron chi connectivity index (χ0n) is 11.3. The zero-order chi connectivity index (χ0) is 13.9. The molecule has 0 spiro atoms. The van der Waals surface area contributed by atoms with E-state index in [-0.39, 0.29) is 16.4 Å². The predicted molar refractivity (Wildman–Crippen MR) is 77.0 cm³/mol. The van der Waals surface area contributed by atoms with E-state index >= 15 is 0 Å². The highest BCUT2D eigenvalue weighted by Crippen LogP contribution is 2.17. The van der Waals surface area contributed by atoms with Gasteiger partial charge >= 0.3 is 0 Å². The van der Waals surface area contributed by atoms with Crippen LogP contribution in [0, 0.1) is 0 Å². The number of hydrogen-bond acceptors (Lipinski definition) is 3. The lowest BCUT2D eigenvalue weighted by atomic mass is 10.2. The van der Waals surface area contributed by atoms with Crippen LogP contribution in [0.2, 0.25) is 0 Å². The molecule has 1 amide bonds. The zero-order valence-corrected chi connectivity index (χ0v) is 12.1. The molecule has 0 heterocycles. The Morgan fingerprint density at radius 2 is 1.78 bits per heavy atom. The Balaban J connectivity index is 2.73. The fraction of sp³-hybridized carbons (Fsp3) is 0.462. The van der Waals surface area contributed by atoms with Gasteiger partial charge in [-0.3, -0.25) is 9.00 Å². The summed E-state index contributed by atoms with van der Waals surface area (Å²) in [5.74, 6) is -0.127. The Morgan fingerprint density at radius 3 is 2.22 bits per heavy atom. The Kier molecular flexibility index (Phi) is 4.51. The van der Waals surface area contributed by atoms with E-state index in [0.29, 0.717) is 5.69 Å². The molecular weight excluding hydrogens is 248 g/mol. The second-order valence-electron chi connectivity index (χ2n) is 5.15. The highest BCUT2D eigenvalue weighted by molar-refractivity contribution is 7.87. The first-order chi connectivity index (χ1) is 8.21. The van der Waals surface area contributed by atoms with E-state index in [1.54, 1.807) is 31.3 Å². The SMILES string of the molecule is CN(C(=O)CS(=O)C(C)(C)C)c1ccc(N)cc1. The summed E-state index contributed by atoms with van der Waals surface area (Å²) in [5, 5.41) is 0. The van der Waals surface area contributed by atoms with Crippen molar-refractivity contribution in [1.82, 2.24) is 0 Å². The number of hydrogen-bond donors (Lipinski definition) is 1. The maximum atomic E-state index is 12.0. The molecule has 0 aliphatic rings. The number of carbonyl (C=O) groups excluding carboxylic acids is 1. The van der Waals surface area contributed by atoms with Crippen LogP contribution >= 0.6 is 0 Å². The molecule has 0 aliphatic heterocycles. The molecule has 2 N–H and O–H groups in total. The third-order valence-corrected chi connectivity index (χ3v) is 4.47. The Labute approximate surface area is 111 Å². The Hall–Kier alpha value is -1.36. The monoisotopic (exact) mass is 268 g/mol. The lowest BCUT2D eigenvalue weighted by Gasteiger charge is -2.21. The van der Waals surface area contributed by atoms with Crippen molar-refractivity contribution >= 4 is 28.1 Å². The highest BCUT2D eigenvalue weighted by Gasteiger charge is 2.23. The number of nitrogen functional groups attached to an aromatic ring is 1.